The number of nitrogens with two attached hydrogens (primary N) is 2. The number of rotatable bonds is 11. The molecule has 256 valence electrons. The Hall–Kier alpha value is -3.80. The van der Waals surface area contributed by atoms with Gasteiger partial charge in [0.15, 0.2) is 11.4 Å². The van der Waals surface area contributed by atoms with Gasteiger partial charge in [0, 0.05) is 31.3 Å². The molecule has 5 N–H and O–H groups in total. The molecule has 0 spiro atoms. The second-order valence-electron chi connectivity index (χ2n) is 13.1. The normalized spacial score (nSPS) is 20.4. The molecule has 2 aliphatic rings. The minimum Gasteiger partial charge on any atom is -0.372 e. The monoisotopic (exact) mass is 669 g/mol. The van der Waals surface area contributed by atoms with Crippen LogP contribution in [0.25, 0.3) is 0 Å². The highest BCUT2D eigenvalue weighted by atomic mass is 35.5. The number of likely N-dealkylation sites (N-methyl/N-ethyl adjacent to an activating group) is 1. The Kier molecular flexibility index (Phi) is 12.3. The lowest BCUT2D eigenvalue weighted by Crippen LogP contribution is -2.59. The van der Waals surface area contributed by atoms with Gasteiger partial charge in [-0.1, -0.05) is 82.3 Å². The van der Waals surface area contributed by atoms with Crippen LogP contribution in [0.3, 0.4) is 0 Å². The van der Waals surface area contributed by atoms with E-state index in [0.29, 0.717) is 38.8 Å². The summed E-state index contributed by atoms with van der Waals surface area (Å²) in [7, 11) is 1.58. The van der Waals surface area contributed by atoms with Gasteiger partial charge in [0.25, 0.3) is 5.91 Å². The van der Waals surface area contributed by atoms with E-state index >= 15 is 0 Å². The van der Waals surface area contributed by atoms with Crippen LogP contribution in [0.1, 0.15) is 74.9 Å². The molecule has 2 fully saturated rings. The first-order chi connectivity index (χ1) is 21.7. The number of amides is 4. The number of benzene rings is 2. The Morgan fingerprint density at radius 2 is 1.40 bits per heavy atom. The van der Waals surface area contributed by atoms with Gasteiger partial charge in [0.2, 0.25) is 17.7 Å². The Balaban J connectivity index is 0.00000600. The third-order valence-electron chi connectivity index (χ3n) is 9.44. The molecule has 2 aliphatic heterocycles. The van der Waals surface area contributed by atoms with Crippen LogP contribution in [0.4, 0.5) is 0 Å². The van der Waals surface area contributed by atoms with Gasteiger partial charge in [-0.15, -0.1) is 12.4 Å². The highest BCUT2D eigenvalue weighted by Crippen LogP contribution is 2.35. The van der Waals surface area contributed by atoms with E-state index in [4.69, 9.17) is 11.5 Å². The van der Waals surface area contributed by atoms with E-state index in [0.717, 1.165) is 0 Å². The molecule has 2 saturated heterocycles. The zero-order valence-corrected chi connectivity index (χ0v) is 28.6. The fraction of sp³-hybridized carbons (Fsp3) is 0.514. The molecule has 4 rings (SSSR count). The number of nitrogens with zero attached hydrogens (tertiary/aromatic N) is 3. The van der Waals surface area contributed by atoms with Crippen molar-refractivity contribution in [2.45, 2.75) is 83.1 Å². The van der Waals surface area contributed by atoms with Crippen molar-refractivity contribution >= 4 is 41.8 Å². The standard InChI is InChI=1S/C35H47N5O6.ClH/c1-21(2)28(36)32(43)38(5)29(22(3)4)33(44)40-20-12-18-27(40)31(42)39-19-11-17-26(39)30(41)24-15-9-10-16-25(24)35(46,34(37)45)23-13-7-6-8-14-23;/h6-10,13-16,21-22,26-29,46H,11-12,17-20,36H2,1-5H3,(H2,37,45);1H/t26-,27-,28-,29-,35?;/m0./s1. The number of halogens is 1. The molecule has 0 aromatic heterocycles. The van der Waals surface area contributed by atoms with Crippen molar-refractivity contribution in [3.05, 3.63) is 71.3 Å². The van der Waals surface area contributed by atoms with E-state index < -0.39 is 41.5 Å². The van der Waals surface area contributed by atoms with E-state index in [1.807, 2.05) is 27.7 Å². The molecular weight excluding hydrogens is 622 g/mol. The first-order valence-electron chi connectivity index (χ1n) is 16.1. The highest BCUT2D eigenvalue weighted by molar-refractivity contribution is 6.06. The van der Waals surface area contributed by atoms with Gasteiger partial charge in [-0.25, -0.2) is 0 Å². The molecule has 12 heteroatoms. The summed E-state index contributed by atoms with van der Waals surface area (Å²) in [6, 6.07) is 11.3. The summed E-state index contributed by atoms with van der Waals surface area (Å²) in [5.74, 6) is -2.78. The molecule has 4 amide bonds. The number of hydrogen-bond acceptors (Lipinski definition) is 7. The number of carbonyl (C=O) groups excluding carboxylic acids is 5. The zero-order chi connectivity index (χ0) is 33.9. The average Bonchev–Trinajstić information content (AvgIpc) is 3.74. The maximum atomic E-state index is 14.2. The Bertz CT molecular complexity index is 1470. The molecule has 0 saturated carbocycles. The van der Waals surface area contributed by atoms with E-state index in [1.54, 1.807) is 54.4 Å². The average molecular weight is 670 g/mol. The molecule has 2 aromatic carbocycles. The van der Waals surface area contributed by atoms with Gasteiger partial charge in [-0.05, 0) is 43.1 Å². The quantitative estimate of drug-likeness (QED) is 0.309. The van der Waals surface area contributed by atoms with Crippen molar-refractivity contribution < 1.29 is 29.1 Å². The first kappa shape index (κ1) is 37.7. The van der Waals surface area contributed by atoms with Crippen LogP contribution in [-0.2, 0) is 24.8 Å². The van der Waals surface area contributed by atoms with Crippen LogP contribution >= 0.6 is 12.4 Å². The third-order valence-corrected chi connectivity index (χ3v) is 9.44. The van der Waals surface area contributed by atoms with Crippen molar-refractivity contribution in [2.24, 2.45) is 23.3 Å². The number of hydrogen-bond donors (Lipinski definition) is 3. The minimum atomic E-state index is -2.27. The van der Waals surface area contributed by atoms with Crippen molar-refractivity contribution in [3.63, 3.8) is 0 Å². The highest BCUT2D eigenvalue weighted by Gasteiger charge is 2.47. The molecule has 11 nitrogen and oxygen atoms in total. The van der Waals surface area contributed by atoms with Crippen molar-refractivity contribution in [1.29, 1.82) is 0 Å². The number of likely N-dealkylation sites (tertiary alicyclic amines) is 2. The maximum absolute atomic E-state index is 14.2. The summed E-state index contributed by atoms with van der Waals surface area (Å²) in [5, 5.41) is 11.7. The van der Waals surface area contributed by atoms with Gasteiger partial charge in [-0.3, -0.25) is 24.0 Å². The van der Waals surface area contributed by atoms with E-state index in [-0.39, 0.29) is 58.7 Å². The molecule has 5 atom stereocenters. The SMILES string of the molecule is CC(C)[C@H](N)C(=O)N(C)[C@H](C(=O)N1CCC[C@H]1C(=O)N1CCC[C@H]1C(=O)c1ccccc1C(O)(C(N)=O)c1ccccc1)C(C)C.Cl. The number of carbonyl (C=O) groups is 5. The lowest BCUT2D eigenvalue weighted by molar-refractivity contribution is -0.151. The minimum absolute atomic E-state index is 0. The van der Waals surface area contributed by atoms with Crippen LogP contribution < -0.4 is 11.5 Å². The summed E-state index contributed by atoms with van der Waals surface area (Å²) in [4.78, 5) is 72.8. The van der Waals surface area contributed by atoms with Gasteiger partial charge in [0.1, 0.15) is 12.1 Å². The van der Waals surface area contributed by atoms with Crippen molar-refractivity contribution in [3.8, 4) is 0 Å². The van der Waals surface area contributed by atoms with Crippen LogP contribution in [-0.4, -0.2) is 93.5 Å². The van der Waals surface area contributed by atoms with E-state index in [1.165, 1.54) is 21.9 Å². The number of primary amides is 1. The fourth-order valence-electron chi connectivity index (χ4n) is 6.81. The summed E-state index contributed by atoms with van der Waals surface area (Å²) in [5.41, 5.74) is 9.97. The molecule has 2 heterocycles. The Morgan fingerprint density at radius 3 is 1.98 bits per heavy atom. The number of Topliss-reactive ketones (excluding diaryl/α,β-unsaturated/α-hetero) is 1. The number of ketones is 1. The fourth-order valence-corrected chi connectivity index (χ4v) is 6.81. The summed E-state index contributed by atoms with van der Waals surface area (Å²) >= 11 is 0. The maximum Gasteiger partial charge on any atom is 0.258 e. The predicted octanol–water partition coefficient (Wildman–Crippen LogP) is 2.46. The third kappa shape index (κ3) is 7.22. The molecule has 0 bridgehead atoms. The topological polar surface area (TPSA) is 167 Å². The zero-order valence-electron chi connectivity index (χ0n) is 27.8. The summed E-state index contributed by atoms with van der Waals surface area (Å²) in [6.45, 7) is 8.09. The number of aliphatic hydroxyl groups is 1. The summed E-state index contributed by atoms with van der Waals surface area (Å²) < 4.78 is 0. The van der Waals surface area contributed by atoms with Gasteiger partial charge >= 0.3 is 0 Å². The lowest BCUT2D eigenvalue weighted by atomic mass is 9.81. The molecule has 2 aromatic rings. The smallest absolute Gasteiger partial charge is 0.258 e. The molecule has 47 heavy (non-hydrogen) atoms. The molecular formula is C35H48ClN5O6. The van der Waals surface area contributed by atoms with Gasteiger partial charge in [0.05, 0.1) is 12.1 Å². The predicted molar refractivity (Wildman–Crippen MR) is 180 cm³/mol. The van der Waals surface area contributed by atoms with E-state index in [2.05, 4.69) is 0 Å². The van der Waals surface area contributed by atoms with Crippen LogP contribution in [0, 0.1) is 11.8 Å². The van der Waals surface area contributed by atoms with E-state index in [9.17, 15) is 29.1 Å². The Morgan fingerprint density at radius 1 is 0.851 bits per heavy atom. The summed E-state index contributed by atoms with van der Waals surface area (Å²) in [6.07, 6.45) is 2.00. The lowest BCUT2D eigenvalue weighted by Gasteiger charge is -2.38. The molecule has 0 radical (unpaired) electrons. The Labute approximate surface area is 283 Å². The molecule has 1 unspecified atom stereocenters. The first-order valence-corrected chi connectivity index (χ1v) is 16.1. The van der Waals surface area contributed by atoms with Crippen molar-refractivity contribution in [1.82, 2.24) is 14.7 Å². The molecule has 0 aliphatic carbocycles. The van der Waals surface area contributed by atoms with Crippen molar-refractivity contribution in [2.75, 3.05) is 20.1 Å². The van der Waals surface area contributed by atoms with Crippen LogP contribution in [0.2, 0.25) is 0 Å². The van der Waals surface area contributed by atoms with Crippen LogP contribution in [0.15, 0.2) is 54.6 Å². The second-order valence-corrected chi connectivity index (χ2v) is 13.1. The van der Waals surface area contributed by atoms with Gasteiger partial charge in [-0.2, -0.15) is 0 Å². The van der Waals surface area contributed by atoms with Gasteiger partial charge < -0.3 is 31.3 Å². The second kappa shape index (κ2) is 15.4. The van der Waals surface area contributed by atoms with Crippen LogP contribution in [0.5, 0.6) is 0 Å². The largest absolute Gasteiger partial charge is 0.372 e.